The van der Waals surface area contributed by atoms with Gasteiger partial charge in [0.05, 0.1) is 16.5 Å². The van der Waals surface area contributed by atoms with E-state index in [-0.39, 0.29) is 53.4 Å². The van der Waals surface area contributed by atoms with Crippen molar-refractivity contribution in [3.8, 4) is 11.5 Å². The van der Waals surface area contributed by atoms with Crippen LogP contribution in [0.4, 0.5) is 0 Å². The molecule has 2 atom stereocenters. The molecule has 2 aromatic rings. The number of benzene rings is 2. The molecule has 0 radical (unpaired) electrons. The van der Waals surface area contributed by atoms with Gasteiger partial charge in [-0.15, -0.1) is 0 Å². The zero-order chi connectivity index (χ0) is 28.4. The second-order valence-corrected chi connectivity index (χ2v) is 11.0. The van der Waals surface area contributed by atoms with E-state index in [1.807, 2.05) is 0 Å². The van der Waals surface area contributed by atoms with Crippen LogP contribution in [-0.4, -0.2) is 70.7 Å². The van der Waals surface area contributed by atoms with Gasteiger partial charge in [0.15, 0.2) is 17.7 Å². The first-order valence-electron chi connectivity index (χ1n) is 13.2. The molecule has 40 heavy (non-hydrogen) atoms. The number of aliphatic carboxylic acids is 1. The molecular formula is C28H29Cl2N3O7. The standard InChI is InChI=1S/C28H29Cl2N3O7/c29-19-8-6-17(12-20(19)30)27(37)32-10-11-33(28(38)18-7-9-22-23(13-18)40-15-39-22)26(32)25(36)31-21(14-24(34)35)16-4-2-1-3-5-16/h6-9,12-13,16,21,26H,1-5,10-11,14-15H2,(H,31,36)(H,34,35). The smallest absolute Gasteiger partial charge is 0.305 e. The molecule has 2 heterocycles. The van der Waals surface area contributed by atoms with Crippen molar-refractivity contribution in [3.05, 3.63) is 57.6 Å². The molecule has 0 spiro atoms. The summed E-state index contributed by atoms with van der Waals surface area (Å²) >= 11 is 12.2. The first-order valence-corrected chi connectivity index (χ1v) is 14.0. The van der Waals surface area contributed by atoms with Gasteiger partial charge in [-0.25, -0.2) is 0 Å². The third kappa shape index (κ3) is 5.83. The normalized spacial score (nSPS) is 19.4. The first-order chi connectivity index (χ1) is 19.2. The molecule has 12 heteroatoms. The number of amides is 3. The molecule has 3 amide bonds. The number of hydrogen-bond acceptors (Lipinski definition) is 6. The molecule has 5 rings (SSSR count). The van der Waals surface area contributed by atoms with Crippen molar-refractivity contribution < 1.29 is 33.8 Å². The summed E-state index contributed by atoms with van der Waals surface area (Å²) in [5, 5.41) is 12.9. The number of halogens is 2. The fraction of sp³-hybridized carbons (Fsp3) is 0.429. The number of rotatable bonds is 7. The SMILES string of the molecule is O=C(O)CC(NC(=O)C1N(C(=O)c2ccc(Cl)c(Cl)c2)CCN1C(=O)c1ccc2c(c1)OCO2)C1CCCCC1. The average molecular weight is 590 g/mol. The summed E-state index contributed by atoms with van der Waals surface area (Å²) < 4.78 is 10.7. The lowest BCUT2D eigenvalue weighted by Gasteiger charge is -2.34. The maximum Gasteiger partial charge on any atom is 0.305 e. The maximum atomic E-state index is 13.9. The predicted octanol–water partition coefficient (Wildman–Crippen LogP) is 4.19. The number of carboxylic acid groups (broad SMARTS) is 1. The monoisotopic (exact) mass is 589 g/mol. The van der Waals surface area contributed by atoms with Crippen LogP contribution in [0.1, 0.15) is 59.2 Å². The quantitative estimate of drug-likeness (QED) is 0.496. The number of ether oxygens (including phenoxy) is 2. The van der Waals surface area contributed by atoms with E-state index >= 15 is 0 Å². The number of carbonyl (C=O) groups excluding carboxylic acids is 3. The summed E-state index contributed by atoms with van der Waals surface area (Å²) in [6.07, 6.45) is 3.02. The first kappa shape index (κ1) is 28.0. The minimum Gasteiger partial charge on any atom is -0.481 e. The second-order valence-electron chi connectivity index (χ2n) is 10.2. The van der Waals surface area contributed by atoms with Crippen molar-refractivity contribution >= 4 is 46.9 Å². The summed E-state index contributed by atoms with van der Waals surface area (Å²) in [6.45, 7) is 0.214. The van der Waals surface area contributed by atoms with Gasteiger partial charge in [0, 0.05) is 30.3 Å². The Labute approximate surface area is 241 Å². The molecule has 2 N–H and O–H groups in total. The number of carboxylic acids is 1. The highest BCUT2D eigenvalue weighted by atomic mass is 35.5. The molecule has 2 fully saturated rings. The zero-order valence-corrected chi connectivity index (χ0v) is 23.1. The molecule has 2 aliphatic heterocycles. The summed E-state index contributed by atoms with van der Waals surface area (Å²) in [6, 6.07) is 8.51. The highest BCUT2D eigenvalue weighted by molar-refractivity contribution is 6.42. The van der Waals surface area contributed by atoms with E-state index < -0.39 is 35.9 Å². The number of nitrogens with zero attached hydrogens (tertiary/aromatic N) is 2. The molecule has 212 valence electrons. The number of carbonyl (C=O) groups is 4. The maximum absolute atomic E-state index is 13.9. The fourth-order valence-electron chi connectivity index (χ4n) is 5.64. The number of fused-ring (bicyclic) bond motifs is 1. The molecule has 2 aromatic carbocycles. The van der Waals surface area contributed by atoms with Crippen LogP contribution in [-0.2, 0) is 9.59 Å². The van der Waals surface area contributed by atoms with Gasteiger partial charge in [0.2, 0.25) is 6.79 Å². The van der Waals surface area contributed by atoms with Crippen molar-refractivity contribution in [2.75, 3.05) is 19.9 Å². The molecule has 0 bridgehead atoms. The van der Waals surface area contributed by atoms with Crippen LogP contribution < -0.4 is 14.8 Å². The van der Waals surface area contributed by atoms with Gasteiger partial charge in [0.25, 0.3) is 17.7 Å². The van der Waals surface area contributed by atoms with Crippen molar-refractivity contribution in [1.29, 1.82) is 0 Å². The summed E-state index contributed by atoms with van der Waals surface area (Å²) in [4.78, 5) is 55.6. The van der Waals surface area contributed by atoms with E-state index in [1.54, 1.807) is 18.2 Å². The number of nitrogens with one attached hydrogen (secondary N) is 1. The van der Waals surface area contributed by atoms with Crippen LogP contribution in [0, 0.1) is 5.92 Å². The van der Waals surface area contributed by atoms with Gasteiger partial charge in [-0.3, -0.25) is 19.2 Å². The van der Waals surface area contributed by atoms with Gasteiger partial charge in [-0.1, -0.05) is 42.5 Å². The third-order valence-electron chi connectivity index (χ3n) is 7.66. The van der Waals surface area contributed by atoms with Gasteiger partial charge in [-0.2, -0.15) is 0 Å². The summed E-state index contributed by atoms with van der Waals surface area (Å²) in [5.74, 6) is -1.72. The third-order valence-corrected chi connectivity index (χ3v) is 8.39. The second kappa shape index (κ2) is 11.9. The largest absolute Gasteiger partial charge is 0.481 e. The molecule has 1 aliphatic carbocycles. The molecule has 3 aliphatic rings. The van der Waals surface area contributed by atoms with Gasteiger partial charge in [-0.05, 0) is 55.2 Å². The topological polar surface area (TPSA) is 125 Å². The van der Waals surface area contributed by atoms with Crippen LogP contribution in [0.15, 0.2) is 36.4 Å². The van der Waals surface area contributed by atoms with E-state index in [0.29, 0.717) is 11.5 Å². The molecule has 10 nitrogen and oxygen atoms in total. The van der Waals surface area contributed by atoms with Crippen molar-refractivity contribution in [2.24, 2.45) is 5.92 Å². The van der Waals surface area contributed by atoms with Crippen LogP contribution in [0.5, 0.6) is 11.5 Å². The highest BCUT2D eigenvalue weighted by Gasteiger charge is 2.44. The fourth-order valence-corrected chi connectivity index (χ4v) is 5.94. The Morgan fingerprint density at radius 1 is 0.875 bits per heavy atom. The van der Waals surface area contributed by atoms with Crippen LogP contribution >= 0.6 is 23.2 Å². The Bertz CT molecular complexity index is 1330. The summed E-state index contributed by atoms with van der Waals surface area (Å²) in [5.41, 5.74) is 0.471. The van der Waals surface area contributed by atoms with E-state index in [4.69, 9.17) is 32.7 Å². The van der Waals surface area contributed by atoms with Crippen molar-refractivity contribution in [3.63, 3.8) is 0 Å². The molecule has 2 unspecified atom stereocenters. The highest BCUT2D eigenvalue weighted by Crippen LogP contribution is 2.34. The molecule has 0 aromatic heterocycles. The van der Waals surface area contributed by atoms with Crippen molar-refractivity contribution in [2.45, 2.75) is 50.7 Å². The van der Waals surface area contributed by atoms with E-state index in [2.05, 4.69) is 5.32 Å². The van der Waals surface area contributed by atoms with Crippen LogP contribution in [0.3, 0.4) is 0 Å². The van der Waals surface area contributed by atoms with Gasteiger partial charge in [0.1, 0.15) is 0 Å². The Hall–Kier alpha value is -3.50. The molecule has 1 saturated carbocycles. The van der Waals surface area contributed by atoms with Crippen LogP contribution in [0.2, 0.25) is 10.0 Å². The number of hydrogen-bond donors (Lipinski definition) is 2. The van der Waals surface area contributed by atoms with E-state index in [9.17, 15) is 24.3 Å². The average Bonchev–Trinajstić information content (AvgIpc) is 3.61. The van der Waals surface area contributed by atoms with Crippen LogP contribution in [0.25, 0.3) is 0 Å². The lowest BCUT2D eigenvalue weighted by Crippen LogP contribution is -2.57. The van der Waals surface area contributed by atoms with E-state index in [0.717, 1.165) is 32.1 Å². The minimum atomic E-state index is -1.31. The Morgan fingerprint density at radius 2 is 1.50 bits per heavy atom. The van der Waals surface area contributed by atoms with E-state index in [1.165, 1.54) is 28.0 Å². The molecule has 1 saturated heterocycles. The molecular weight excluding hydrogens is 561 g/mol. The lowest BCUT2D eigenvalue weighted by molar-refractivity contribution is -0.138. The summed E-state index contributed by atoms with van der Waals surface area (Å²) in [7, 11) is 0. The zero-order valence-electron chi connectivity index (χ0n) is 21.6. The Balaban J connectivity index is 1.45. The van der Waals surface area contributed by atoms with Gasteiger partial charge >= 0.3 is 5.97 Å². The minimum absolute atomic E-state index is 0.00700. The Morgan fingerprint density at radius 3 is 2.15 bits per heavy atom. The Kier molecular flexibility index (Phi) is 8.37. The predicted molar refractivity (Wildman–Crippen MR) is 146 cm³/mol. The van der Waals surface area contributed by atoms with Gasteiger partial charge < -0.3 is 29.7 Å². The van der Waals surface area contributed by atoms with Crippen molar-refractivity contribution in [1.82, 2.24) is 15.1 Å². The lowest BCUT2D eigenvalue weighted by atomic mass is 9.82.